The van der Waals surface area contributed by atoms with E-state index in [9.17, 15) is 18.3 Å². The molecule has 0 bridgehead atoms. The number of carboxylic acid groups (broad SMARTS) is 1. The number of aromatic nitrogens is 1. The maximum Gasteiger partial charge on any atom is 0.370 e. The van der Waals surface area contributed by atoms with Crippen molar-refractivity contribution in [3.63, 3.8) is 0 Å². The number of thiazole rings is 1. The molecule has 9 nitrogen and oxygen atoms in total. The van der Waals surface area contributed by atoms with E-state index < -0.39 is 21.8 Å². The van der Waals surface area contributed by atoms with Gasteiger partial charge in [-0.3, -0.25) is 4.55 Å². The van der Waals surface area contributed by atoms with Crippen molar-refractivity contribution in [1.82, 2.24) is 0 Å². The first kappa shape index (κ1) is 23.0. The third kappa shape index (κ3) is 5.10. The predicted octanol–water partition coefficient (Wildman–Crippen LogP) is 3.07. The Kier molecular flexibility index (Phi) is 6.28. The zero-order valence-corrected chi connectivity index (χ0v) is 19.6. The van der Waals surface area contributed by atoms with E-state index in [-0.39, 0.29) is 19.5 Å². The summed E-state index contributed by atoms with van der Waals surface area (Å²) in [4.78, 5) is 13.4. The van der Waals surface area contributed by atoms with Crippen LogP contribution >= 0.6 is 11.3 Å². The van der Waals surface area contributed by atoms with Crippen LogP contribution in [-0.2, 0) is 21.5 Å². The van der Waals surface area contributed by atoms with Crippen molar-refractivity contribution < 1.29 is 36.9 Å². The molecule has 0 fully saturated rings. The Balaban J connectivity index is 1.78. The predicted molar refractivity (Wildman–Crippen MR) is 124 cm³/mol. The van der Waals surface area contributed by atoms with Gasteiger partial charge in [-0.25, -0.2) is 4.79 Å². The minimum absolute atomic E-state index is 0.164. The lowest BCUT2D eigenvalue weighted by Crippen LogP contribution is -2.39. The van der Waals surface area contributed by atoms with Gasteiger partial charge in [0, 0.05) is 18.7 Å². The van der Waals surface area contributed by atoms with Crippen molar-refractivity contribution in [2.45, 2.75) is 19.9 Å². The van der Waals surface area contributed by atoms with Gasteiger partial charge in [-0.2, -0.15) is 13.0 Å². The highest BCUT2D eigenvalue weighted by Crippen LogP contribution is 2.42. The van der Waals surface area contributed by atoms with E-state index in [0.29, 0.717) is 28.1 Å². The molecule has 174 valence electrons. The van der Waals surface area contributed by atoms with E-state index in [1.807, 2.05) is 25.1 Å². The van der Waals surface area contributed by atoms with Crippen LogP contribution in [0.5, 0.6) is 11.5 Å². The molecule has 1 aliphatic rings. The topological polar surface area (TPSA) is 117 Å². The number of ether oxygens (including phenoxy) is 2. The number of benzene rings is 2. The number of aryl methyl sites for hydroxylation is 1. The summed E-state index contributed by atoms with van der Waals surface area (Å²) in [6.07, 6.45) is 1.92. The van der Waals surface area contributed by atoms with Gasteiger partial charge in [0.15, 0.2) is 5.75 Å². The number of carboxylic acids is 1. The molecule has 2 heterocycles. The summed E-state index contributed by atoms with van der Waals surface area (Å²) in [5, 5.41) is 10.1. The van der Waals surface area contributed by atoms with Crippen molar-refractivity contribution >= 4 is 49.4 Å². The van der Waals surface area contributed by atoms with Crippen LogP contribution in [0, 0.1) is 6.92 Å². The Morgan fingerprint density at radius 1 is 1.27 bits per heavy atom. The Morgan fingerprint density at radius 3 is 2.76 bits per heavy atom. The van der Waals surface area contributed by atoms with Crippen molar-refractivity contribution in [3.8, 4) is 11.5 Å². The van der Waals surface area contributed by atoms with Gasteiger partial charge in [0.05, 0.1) is 24.6 Å². The maximum absolute atomic E-state index is 11.6. The Labute approximate surface area is 194 Å². The molecule has 1 aliphatic heterocycles. The third-order valence-corrected chi connectivity index (χ3v) is 7.06. The molecule has 0 unspecified atom stereocenters. The molecule has 2 N–H and O–H groups in total. The molecule has 0 saturated carbocycles. The Morgan fingerprint density at radius 2 is 2.06 bits per heavy atom. The van der Waals surface area contributed by atoms with Crippen molar-refractivity contribution in [3.05, 3.63) is 52.9 Å². The van der Waals surface area contributed by atoms with Crippen molar-refractivity contribution in [2.24, 2.45) is 0 Å². The van der Waals surface area contributed by atoms with Gasteiger partial charge >= 0.3 is 5.97 Å². The monoisotopic (exact) mass is 491 g/mol. The summed E-state index contributed by atoms with van der Waals surface area (Å²) in [5.74, 6) is 0.242. The molecule has 4 rings (SSSR count). The standard InChI is InChI=1S/C22H22N2O7S2/c1-14-4-7-19-17(10-14)24(13-22(25)26)21(32-19)12-20-23(8-3-9-33(27,28)29)16-11-15(30-2)5-6-18(16)31-20/h4-7,10-12H,3,8-9,13H2,1-2H3,(H-,25,26,27,28,29)/p+1. The maximum atomic E-state index is 11.6. The molecule has 33 heavy (non-hydrogen) atoms. The average Bonchev–Trinajstić information content (AvgIpc) is 3.24. The molecule has 2 aromatic carbocycles. The lowest BCUT2D eigenvalue weighted by atomic mass is 10.2. The van der Waals surface area contributed by atoms with E-state index in [1.54, 1.807) is 40.9 Å². The highest BCUT2D eigenvalue weighted by molar-refractivity contribution is 7.85. The summed E-state index contributed by atoms with van der Waals surface area (Å²) in [6, 6.07) is 11.2. The fourth-order valence-corrected chi connectivity index (χ4v) is 5.24. The second-order valence-corrected chi connectivity index (χ2v) is 10.2. The number of anilines is 1. The van der Waals surface area contributed by atoms with E-state index in [2.05, 4.69) is 0 Å². The van der Waals surface area contributed by atoms with Crippen LogP contribution in [-0.4, -0.2) is 43.5 Å². The Bertz CT molecular complexity index is 1360. The van der Waals surface area contributed by atoms with Gasteiger partial charge in [-0.05, 0) is 37.1 Å². The van der Waals surface area contributed by atoms with Gasteiger partial charge in [-0.1, -0.05) is 17.4 Å². The number of rotatable bonds is 8. The second-order valence-electron chi connectivity index (χ2n) is 7.60. The number of hydrogen-bond acceptors (Lipinski definition) is 7. The SMILES string of the molecule is COc1ccc2c(c1)N(CCCS(=O)(=O)O)C(=Cc1sc3ccc(C)cc3[n+]1CC(=O)O)O2. The zero-order valence-electron chi connectivity index (χ0n) is 18.0. The molecule has 0 atom stereocenters. The molecule has 3 aromatic rings. The van der Waals surface area contributed by atoms with Crippen LogP contribution in [0.4, 0.5) is 5.69 Å². The molecule has 0 amide bonds. The summed E-state index contributed by atoms with van der Waals surface area (Å²) in [5.41, 5.74) is 2.52. The minimum atomic E-state index is -4.10. The molecular weight excluding hydrogens is 468 g/mol. The molecule has 1 aromatic heterocycles. The van der Waals surface area contributed by atoms with Crippen LogP contribution in [0.25, 0.3) is 16.3 Å². The molecule has 11 heteroatoms. The summed E-state index contributed by atoms with van der Waals surface area (Å²) < 4.78 is 45.6. The van der Waals surface area contributed by atoms with Crippen molar-refractivity contribution in [1.29, 1.82) is 0 Å². The highest BCUT2D eigenvalue weighted by Gasteiger charge is 2.30. The molecule has 0 saturated heterocycles. The summed E-state index contributed by atoms with van der Waals surface area (Å²) in [6.45, 7) is 1.99. The number of nitrogens with zero attached hydrogens (tertiary/aromatic N) is 2. The third-order valence-electron chi connectivity index (χ3n) is 5.15. The number of aliphatic carboxylic acids is 1. The Hall–Kier alpha value is -3.15. The number of carbonyl (C=O) groups is 1. The highest BCUT2D eigenvalue weighted by atomic mass is 32.2. The van der Waals surface area contributed by atoms with Crippen molar-refractivity contribution in [2.75, 3.05) is 24.3 Å². The number of fused-ring (bicyclic) bond motifs is 2. The first-order chi connectivity index (χ1) is 15.6. The second kappa shape index (κ2) is 9.00. The summed E-state index contributed by atoms with van der Waals surface area (Å²) in [7, 11) is -2.56. The zero-order chi connectivity index (χ0) is 23.8. The molecule has 0 spiro atoms. The normalized spacial score (nSPS) is 14.5. The van der Waals surface area contributed by atoms with E-state index in [0.717, 1.165) is 15.8 Å². The smallest absolute Gasteiger partial charge is 0.370 e. The fraction of sp³-hybridized carbons (Fsp3) is 0.273. The molecule has 0 aliphatic carbocycles. The molecule has 0 radical (unpaired) electrons. The van der Waals surface area contributed by atoms with Crippen LogP contribution in [0.3, 0.4) is 0 Å². The minimum Gasteiger partial charge on any atom is -0.497 e. The first-order valence-corrected chi connectivity index (χ1v) is 12.5. The van der Waals surface area contributed by atoms with Crippen LogP contribution in [0.2, 0.25) is 0 Å². The van der Waals surface area contributed by atoms with Gasteiger partial charge in [0.25, 0.3) is 15.1 Å². The van der Waals surface area contributed by atoms with Gasteiger partial charge < -0.3 is 19.5 Å². The largest absolute Gasteiger partial charge is 0.497 e. The quantitative estimate of drug-likeness (QED) is 0.365. The van der Waals surface area contributed by atoms with Crippen LogP contribution in [0.15, 0.2) is 42.3 Å². The van der Waals surface area contributed by atoms with Crippen LogP contribution in [0.1, 0.15) is 17.0 Å². The van der Waals surface area contributed by atoms with E-state index >= 15 is 0 Å². The van der Waals surface area contributed by atoms with Crippen LogP contribution < -0.4 is 18.9 Å². The van der Waals surface area contributed by atoms with E-state index in [4.69, 9.17) is 14.0 Å². The average molecular weight is 492 g/mol. The van der Waals surface area contributed by atoms with Gasteiger partial charge in [0.2, 0.25) is 17.9 Å². The number of methoxy groups -OCH3 is 1. The summed E-state index contributed by atoms with van der Waals surface area (Å²) >= 11 is 1.43. The molecular formula is C22H23N2O7S2+. The lowest BCUT2D eigenvalue weighted by molar-refractivity contribution is -0.657. The van der Waals surface area contributed by atoms with E-state index in [1.165, 1.54) is 11.3 Å². The lowest BCUT2D eigenvalue weighted by Gasteiger charge is -2.18. The number of hydrogen-bond donors (Lipinski definition) is 2. The van der Waals surface area contributed by atoms with Gasteiger partial charge in [-0.15, -0.1) is 0 Å². The first-order valence-electron chi connectivity index (χ1n) is 10.1. The van der Waals surface area contributed by atoms with Gasteiger partial charge in [0.1, 0.15) is 10.4 Å². The fourth-order valence-electron chi connectivity index (χ4n) is 3.67.